The highest BCUT2D eigenvalue weighted by molar-refractivity contribution is 5.67. The van der Waals surface area contributed by atoms with E-state index in [2.05, 4.69) is 56.7 Å². The number of ether oxygens (including phenoxy) is 1. The number of nitrogens with zero attached hydrogens (tertiary/aromatic N) is 5. The molecule has 0 aliphatic carbocycles. The fraction of sp³-hybridized carbons (Fsp3) is 0.565. The summed E-state index contributed by atoms with van der Waals surface area (Å²) in [5.74, 6) is 1.09. The first kappa shape index (κ1) is 20.9. The van der Waals surface area contributed by atoms with Crippen LogP contribution in [0.2, 0.25) is 0 Å². The van der Waals surface area contributed by atoms with Crippen LogP contribution in [-0.2, 0) is 11.3 Å². The minimum atomic E-state index is -0.176. The van der Waals surface area contributed by atoms with Gasteiger partial charge in [-0.3, -0.25) is 9.80 Å². The number of amides is 1. The molecule has 0 spiro atoms. The Kier molecular flexibility index (Phi) is 6.69. The molecule has 1 aromatic carbocycles. The van der Waals surface area contributed by atoms with Gasteiger partial charge in [0.05, 0.1) is 13.2 Å². The quantitative estimate of drug-likeness (QED) is 0.757. The van der Waals surface area contributed by atoms with Gasteiger partial charge in [-0.25, -0.2) is 9.78 Å². The number of piperidine rings is 1. The van der Waals surface area contributed by atoms with Crippen molar-refractivity contribution < 1.29 is 9.53 Å². The number of piperazine rings is 1. The average molecular weight is 412 g/mol. The average Bonchev–Trinajstić information content (AvgIpc) is 3.22. The Bertz CT molecular complexity index is 844. The highest BCUT2D eigenvalue weighted by Gasteiger charge is 2.30. The van der Waals surface area contributed by atoms with E-state index in [1.807, 2.05) is 18.0 Å². The molecule has 2 saturated heterocycles. The molecule has 1 unspecified atom stereocenters. The lowest BCUT2D eigenvalue weighted by Gasteiger charge is -2.43. The molecule has 1 atom stereocenters. The fourth-order valence-electron chi connectivity index (χ4n) is 4.62. The molecule has 0 radical (unpaired) electrons. The molecule has 30 heavy (non-hydrogen) atoms. The molecule has 1 amide bonds. The van der Waals surface area contributed by atoms with Crippen LogP contribution in [0.25, 0.3) is 5.69 Å². The van der Waals surface area contributed by atoms with Crippen LogP contribution in [0.4, 0.5) is 4.79 Å². The maximum Gasteiger partial charge on any atom is 0.409 e. The maximum absolute atomic E-state index is 11.9. The monoisotopic (exact) mass is 411 g/mol. The van der Waals surface area contributed by atoms with E-state index in [1.165, 1.54) is 24.1 Å². The lowest BCUT2D eigenvalue weighted by Crippen LogP contribution is -2.55. The van der Waals surface area contributed by atoms with Crippen molar-refractivity contribution in [1.29, 1.82) is 0 Å². The van der Waals surface area contributed by atoms with Gasteiger partial charge in [0.2, 0.25) is 0 Å². The number of likely N-dealkylation sites (tertiary alicyclic amines) is 1. The van der Waals surface area contributed by atoms with Crippen LogP contribution in [0.1, 0.15) is 31.2 Å². The van der Waals surface area contributed by atoms with E-state index in [9.17, 15) is 4.79 Å². The van der Waals surface area contributed by atoms with Crippen molar-refractivity contribution in [2.24, 2.45) is 0 Å². The molecule has 2 aliphatic heterocycles. The van der Waals surface area contributed by atoms with Crippen molar-refractivity contribution in [3.8, 4) is 5.69 Å². The lowest BCUT2D eigenvalue weighted by atomic mass is 10.0. The van der Waals surface area contributed by atoms with E-state index >= 15 is 0 Å². The number of aryl methyl sites for hydroxylation is 1. The normalized spacial score (nSPS) is 21.0. The molecule has 7 nitrogen and oxygen atoms in total. The van der Waals surface area contributed by atoms with E-state index in [4.69, 9.17) is 4.74 Å². The van der Waals surface area contributed by atoms with E-state index in [1.54, 1.807) is 0 Å². The molecular formula is C23H33N5O2. The summed E-state index contributed by atoms with van der Waals surface area (Å²) in [6.45, 7) is 10.8. The van der Waals surface area contributed by atoms with Crippen molar-refractivity contribution in [3.05, 3.63) is 48.0 Å². The minimum Gasteiger partial charge on any atom is -0.450 e. The van der Waals surface area contributed by atoms with E-state index in [-0.39, 0.29) is 6.09 Å². The third kappa shape index (κ3) is 4.84. The molecule has 7 heteroatoms. The van der Waals surface area contributed by atoms with Gasteiger partial charge in [0.1, 0.15) is 5.82 Å². The summed E-state index contributed by atoms with van der Waals surface area (Å²) in [4.78, 5) is 23.5. The molecule has 2 aromatic rings. The molecule has 0 bridgehead atoms. The van der Waals surface area contributed by atoms with Crippen LogP contribution >= 0.6 is 0 Å². The van der Waals surface area contributed by atoms with Crippen LogP contribution in [0, 0.1) is 6.92 Å². The van der Waals surface area contributed by atoms with Crippen molar-refractivity contribution in [1.82, 2.24) is 24.3 Å². The molecule has 0 saturated carbocycles. The first-order valence-electron chi connectivity index (χ1n) is 11.1. The largest absolute Gasteiger partial charge is 0.450 e. The Morgan fingerprint density at radius 2 is 2.03 bits per heavy atom. The van der Waals surface area contributed by atoms with Gasteiger partial charge < -0.3 is 14.2 Å². The highest BCUT2D eigenvalue weighted by atomic mass is 16.6. The molecule has 2 fully saturated rings. The van der Waals surface area contributed by atoms with Crippen LogP contribution in [0.15, 0.2) is 36.7 Å². The second kappa shape index (κ2) is 9.62. The van der Waals surface area contributed by atoms with Crippen molar-refractivity contribution >= 4 is 6.09 Å². The third-order valence-electron chi connectivity index (χ3n) is 6.20. The Morgan fingerprint density at radius 3 is 2.80 bits per heavy atom. The number of hydrogen-bond acceptors (Lipinski definition) is 5. The molecule has 3 heterocycles. The number of benzene rings is 1. The predicted octanol–water partition coefficient (Wildman–Crippen LogP) is 2.92. The van der Waals surface area contributed by atoms with Gasteiger partial charge in [-0.15, -0.1) is 0 Å². The van der Waals surface area contributed by atoms with Gasteiger partial charge in [0.15, 0.2) is 0 Å². The SMILES string of the molecule is CCOC(=O)N1CCN(C2CCCN(Cc3nccn3-c3cccc(C)c3)C2)CC1. The van der Waals surface area contributed by atoms with Gasteiger partial charge in [-0.05, 0) is 50.9 Å². The molecule has 4 rings (SSSR count). The van der Waals surface area contributed by atoms with Gasteiger partial charge in [0.25, 0.3) is 0 Å². The molecule has 1 aromatic heterocycles. The van der Waals surface area contributed by atoms with Crippen LogP contribution < -0.4 is 0 Å². The minimum absolute atomic E-state index is 0.176. The van der Waals surface area contributed by atoms with Crippen molar-refractivity contribution in [3.63, 3.8) is 0 Å². The Labute approximate surface area is 179 Å². The molecular weight excluding hydrogens is 378 g/mol. The third-order valence-corrected chi connectivity index (χ3v) is 6.20. The van der Waals surface area contributed by atoms with Crippen LogP contribution in [-0.4, -0.2) is 82.3 Å². The van der Waals surface area contributed by atoms with Crippen LogP contribution in [0.3, 0.4) is 0 Å². The first-order valence-corrected chi connectivity index (χ1v) is 11.1. The summed E-state index contributed by atoms with van der Waals surface area (Å²) >= 11 is 0. The summed E-state index contributed by atoms with van der Waals surface area (Å²) in [6, 6.07) is 9.11. The second-order valence-corrected chi connectivity index (χ2v) is 8.31. The van der Waals surface area contributed by atoms with Crippen LogP contribution in [0.5, 0.6) is 0 Å². The smallest absolute Gasteiger partial charge is 0.409 e. The zero-order valence-electron chi connectivity index (χ0n) is 18.2. The number of hydrogen-bond donors (Lipinski definition) is 0. The van der Waals surface area contributed by atoms with E-state index in [0.717, 1.165) is 51.6 Å². The van der Waals surface area contributed by atoms with Gasteiger partial charge in [-0.1, -0.05) is 12.1 Å². The van der Waals surface area contributed by atoms with Crippen molar-refractivity contribution in [2.45, 2.75) is 39.3 Å². The Morgan fingerprint density at radius 1 is 1.20 bits per heavy atom. The first-order chi connectivity index (χ1) is 14.6. The fourth-order valence-corrected chi connectivity index (χ4v) is 4.62. The molecule has 2 aliphatic rings. The second-order valence-electron chi connectivity index (χ2n) is 8.31. The van der Waals surface area contributed by atoms with Gasteiger partial charge >= 0.3 is 6.09 Å². The maximum atomic E-state index is 11.9. The van der Waals surface area contributed by atoms with Gasteiger partial charge in [0, 0.05) is 56.8 Å². The number of carbonyl (C=O) groups is 1. The predicted molar refractivity (Wildman–Crippen MR) is 117 cm³/mol. The number of aromatic nitrogens is 2. The number of rotatable bonds is 5. The topological polar surface area (TPSA) is 53.8 Å². The zero-order chi connectivity index (χ0) is 20.9. The molecule has 162 valence electrons. The summed E-state index contributed by atoms with van der Waals surface area (Å²) in [5.41, 5.74) is 2.43. The van der Waals surface area contributed by atoms with Crippen molar-refractivity contribution in [2.75, 3.05) is 45.9 Å². The summed E-state index contributed by atoms with van der Waals surface area (Å²) < 4.78 is 7.35. The zero-order valence-corrected chi connectivity index (χ0v) is 18.2. The number of imidazole rings is 1. The van der Waals surface area contributed by atoms with E-state index < -0.39 is 0 Å². The summed E-state index contributed by atoms with van der Waals surface area (Å²) in [5, 5.41) is 0. The lowest BCUT2D eigenvalue weighted by molar-refractivity contribution is 0.0406. The summed E-state index contributed by atoms with van der Waals surface area (Å²) in [7, 11) is 0. The molecule has 0 N–H and O–H groups in total. The van der Waals surface area contributed by atoms with Gasteiger partial charge in [-0.2, -0.15) is 0 Å². The standard InChI is InChI=1S/C23H33N5O2/c1-3-30-23(29)27-14-12-26(13-15-27)21-8-5-10-25(17-21)18-22-24-9-11-28(22)20-7-4-6-19(2)16-20/h4,6-7,9,11,16,21H,3,5,8,10,12-15,17-18H2,1-2H3. The Hall–Kier alpha value is -2.38. The Balaban J connectivity index is 1.35. The number of carbonyl (C=O) groups excluding carboxylic acids is 1. The van der Waals surface area contributed by atoms with E-state index in [0.29, 0.717) is 12.6 Å². The summed E-state index contributed by atoms with van der Waals surface area (Å²) in [6.07, 6.45) is 6.20. The highest BCUT2D eigenvalue weighted by Crippen LogP contribution is 2.21.